The predicted octanol–water partition coefficient (Wildman–Crippen LogP) is 5.38. The lowest BCUT2D eigenvalue weighted by Gasteiger charge is -2.11. The van der Waals surface area contributed by atoms with Gasteiger partial charge in [-0.1, -0.05) is 30.7 Å². The molecule has 0 spiro atoms. The zero-order valence-corrected chi connectivity index (χ0v) is 22.2. The molecule has 8 nitrogen and oxygen atoms in total. The Balaban J connectivity index is 1.50. The average Bonchev–Trinajstić information content (AvgIpc) is 3.43. The number of benzene rings is 1. The number of thiophene rings is 1. The molecule has 0 unspecified atom stereocenters. The second-order valence-electron chi connectivity index (χ2n) is 8.38. The van der Waals surface area contributed by atoms with Gasteiger partial charge >= 0.3 is 5.97 Å². The van der Waals surface area contributed by atoms with Crippen LogP contribution in [0.15, 0.2) is 42.1 Å². The zero-order chi connectivity index (χ0) is 25.5. The van der Waals surface area contributed by atoms with E-state index in [-0.39, 0.29) is 11.7 Å². The molecular weight excluding hydrogens is 496 g/mol. The Kier molecular flexibility index (Phi) is 8.82. The van der Waals surface area contributed by atoms with Crippen LogP contribution in [0.3, 0.4) is 0 Å². The van der Waals surface area contributed by atoms with Crippen LogP contribution in [-0.4, -0.2) is 46.6 Å². The normalized spacial score (nSPS) is 13.3. The van der Waals surface area contributed by atoms with Gasteiger partial charge in [0.05, 0.1) is 25.5 Å². The largest absolute Gasteiger partial charge is 0.497 e. The molecule has 0 radical (unpaired) electrons. The predicted molar refractivity (Wildman–Crippen MR) is 143 cm³/mol. The molecule has 0 fully saturated rings. The quantitative estimate of drug-likeness (QED) is 0.227. The van der Waals surface area contributed by atoms with E-state index in [1.165, 1.54) is 41.5 Å². The maximum absolute atomic E-state index is 12.9. The van der Waals surface area contributed by atoms with Crippen LogP contribution in [0.4, 0.5) is 5.00 Å². The Labute approximate surface area is 219 Å². The van der Waals surface area contributed by atoms with Crippen molar-refractivity contribution < 1.29 is 19.1 Å². The van der Waals surface area contributed by atoms with E-state index in [2.05, 4.69) is 22.1 Å². The molecule has 1 aliphatic rings. The number of carbonyl (C=O) groups is 2. The molecule has 4 rings (SSSR count). The molecule has 2 heterocycles. The van der Waals surface area contributed by atoms with Crippen LogP contribution in [0.1, 0.15) is 46.5 Å². The molecule has 3 aromatic rings. The molecule has 1 N–H and O–H groups in total. The van der Waals surface area contributed by atoms with Gasteiger partial charge in [0.2, 0.25) is 5.91 Å². The van der Waals surface area contributed by atoms with Crippen molar-refractivity contribution in [1.82, 2.24) is 14.8 Å². The number of amides is 1. The van der Waals surface area contributed by atoms with Crippen molar-refractivity contribution in [2.45, 2.75) is 50.2 Å². The maximum atomic E-state index is 12.9. The second kappa shape index (κ2) is 12.2. The topological polar surface area (TPSA) is 95.3 Å². The summed E-state index contributed by atoms with van der Waals surface area (Å²) in [5.74, 6) is 0.963. The lowest BCUT2D eigenvalue weighted by Crippen LogP contribution is -2.17. The zero-order valence-electron chi connectivity index (χ0n) is 20.5. The summed E-state index contributed by atoms with van der Waals surface area (Å²) >= 11 is 2.79. The smallest absolute Gasteiger partial charge is 0.341 e. The van der Waals surface area contributed by atoms with Crippen LogP contribution in [0.2, 0.25) is 0 Å². The first kappa shape index (κ1) is 26.0. The van der Waals surface area contributed by atoms with Gasteiger partial charge < -0.3 is 14.8 Å². The highest BCUT2D eigenvalue weighted by molar-refractivity contribution is 7.99. The van der Waals surface area contributed by atoms with Gasteiger partial charge in [-0.3, -0.25) is 9.36 Å². The first-order valence-corrected chi connectivity index (χ1v) is 13.7. The van der Waals surface area contributed by atoms with Gasteiger partial charge in [-0.05, 0) is 55.5 Å². The number of allylic oxidation sites excluding steroid dienone is 1. The Hall–Kier alpha value is -3.11. The van der Waals surface area contributed by atoms with Crippen LogP contribution < -0.4 is 10.1 Å². The van der Waals surface area contributed by atoms with Crippen molar-refractivity contribution in [3.05, 3.63) is 52.9 Å². The molecular formula is C26H30N4O4S2. The fourth-order valence-electron chi connectivity index (χ4n) is 4.26. The van der Waals surface area contributed by atoms with Gasteiger partial charge in [0.25, 0.3) is 0 Å². The summed E-state index contributed by atoms with van der Waals surface area (Å²) in [6.45, 7) is 4.34. The van der Waals surface area contributed by atoms with E-state index in [0.29, 0.717) is 28.1 Å². The number of methoxy groups -OCH3 is 2. The molecule has 0 atom stereocenters. The maximum Gasteiger partial charge on any atom is 0.341 e. The molecule has 1 aliphatic carbocycles. The number of carbonyl (C=O) groups excluding carboxylic acids is 2. The van der Waals surface area contributed by atoms with E-state index in [9.17, 15) is 9.59 Å². The van der Waals surface area contributed by atoms with E-state index >= 15 is 0 Å². The number of esters is 1. The third-order valence-electron chi connectivity index (χ3n) is 6.02. The van der Waals surface area contributed by atoms with Gasteiger partial charge in [0.15, 0.2) is 11.0 Å². The fraction of sp³-hybridized carbons (Fsp3) is 0.385. The minimum Gasteiger partial charge on any atom is -0.497 e. The average molecular weight is 527 g/mol. The van der Waals surface area contributed by atoms with Crippen LogP contribution in [-0.2, 0) is 28.9 Å². The number of aryl methyl sites for hydroxylation is 1. The number of hydrogen-bond acceptors (Lipinski definition) is 8. The van der Waals surface area contributed by atoms with Gasteiger partial charge in [-0.15, -0.1) is 28.1 Å². The van der Waals surface area contributed by atoms with Gasteiger partial charge in [0, 0.05) is 17.0 Å². The number of nitrogens with zero attached hydrogens (tertiary/aromatic N) is 3. The van der Waals surface area contributed by atoms with Crippen LogP contribution in [0, 0.1) is 0 Å². The van der Waals surface area contributed by atoms with Crippen molar-refractivity contribution in [3.63, 3.8) is 0 Å². The molecule has 0 saturated heterocycles. The minimum atomic E-state index is -0.397. The highest BCUT2D eigenvalue weighted by Crippen LogP contribution is 2.37. The fourth-order valence-corrected chi connectivity index (χ4v) is 6.30. The van der Waals surface area contributed by atoms with Crippen molar-refractivity contribution in [2.75, 3.05) is 25.3 Å². The summed E-state index contributed by atoms with van der Waals surface area (Å²) in [4.78, 5) is 26.7. The second-order valence-corrected chi connectivity index (χ2v) is 10.4. The Morgan fingerprint density at radius 2 is 1.89 bits per heavy atom. The standard InChI is InChI=1S/C26H30N4O4S2/c1-4-15-30-23(17-11-13-18(33-2)14-12-17)28-29-26(30)35-16-21(31)27-24-22(25(32)34-3)19-9-7-5-6-8-10-20(19)36-24/h4,11-14H,1,5-10,15-16H2,2-3H3,(H,27,31). The monoisotopic (exact) mass is 526 g/mol. The van der Waals surface area contributed by atoms with Crippen LogP contribution in [0.25, 0.3) is 11.4 Å². The van der Waals surface area contributed by atoms with E-state index in [1.807, 2.05) is 28.8 Å². The Bertz CT molecular complexity index is 1230. The summed E-state index contributed by atoms with van der Waals surface area (Å²) in [5, 5.41) is 12.8. The van der Waals surface area contributed by atoms with E-state index in [0.717, 1.165) is 49.0 Å². The number of aromatic nitrogens is 3. The molecule has 10 heteroatoms. The molecule has 2 aromatic heterocycles. The summed E-state index contributed by atoms with van der Waals surface area (Å²) in [6.07, 6.45) is 7.99. The van der Waals surface area contributed by atoms with Crippen molar-refractivity contribution in [1.29, 1.82) is 0 Å². The minimum absolute atomic E-state index is 0.126. The highest BCUT2D eigenvalue weighted by atomic mass is 32.2. The molecule has 36 heavy (non-hydrogen) atoms. The molecule has 1 aromatic carbocycles. The summed E-state index contributed by atoms with van der Waals surface area (Å²) in [5.41, 5.74) is 2.43. The highest BCUT2D eigenvalue weighted by Gasteiger charge is 2.26. The van der Waals surface area contributed by atoms with Crippen molar-refractivity contribution in [3.8, 4) is 17.1 Å². The van der Waals surface area contributed by atoms with Gasteiger partial charge in [0.1, 0.15) is 10.8 Å². The summed E-state index contributed by atoms with van der Waals surface area (Å²) in [6, 6.07) is 7.57. The van der Waals surface area contributed by atoms with Gasteiger partial charge in [-0.25, -0.2) is 4.79 Å². The molecule has 1 amide bonds. The number of rotatable bonds is 9. The third kappa shape index (κ3) is 5.82. The number of thioether (sulfide) groups is 1. The Morgan fingerprint density at radius 3 is 2.58 bits per heavy atom. The first-order chi connectivity index (χ1) is 17.5. The number of nitrogens with one attached hydrogen (secondary N) is 1. The summed E-state index contributed by atoms with van der Waals surface area (Å²) in [7, 11) is 3.00. The third-order valence-corrected chi connectivity index (χ3v) is 8.20. The van der Waals surface area contributed by atoms with Gasteiger partial charge in [-0.2, -0.15) is 0 Å². The lowest BCUT2D eigenvalue weighted by atomic mass is 9.96. The molecule has 0 aliphatic heterocycles. The number of ether oxygens (including phenoxy) is 2. The van der Waals surface area contributed by atoms with Crippen LogP contribution in [0.5, 0.6) is 5.75 Å². The number of hydrogen-bond donors (Lipinski definition) is 1. The molecule has 0 saturated carbocycles. The van der Waals surface area contributed by atoms with Crippen molar-refractivity contribution in [2.24, 2.45) is 0 Å². The Morgan fingerprint density at radius 1 is 1.14 bits per heavy atom. The summed E-state index contributed by atoms with van der Waals surface area (Å²) < 4.78 is 12.2. The van der Waals surface area contributed by atoms with E-state index in [1.54, 1.807) is 13.2 Å². The first-order valence-electron chi connectivity index (χ1n) is 11.9. The molecule has 190 valence electrons. The lowest BCUT2D eigenvalue weighted by molar-refractivity contribution is -0.113. The molecule has 0 bridgehead atoms. The van der Waals surface area contributed by atoms with Crippen molar-refractivity contribution >= 4 is 40.0 Å². The van der Waals surface area contributed by atoms with Crippen LogP contribution >= 0.6 is 23.1 Å². The number of fused-ring (bicyclic) bond motifs is 1. The SMILES string of the molecule is C=CCn1c(SCC(=O)Nc2sc3c(c2C(=O)OC)CCCCCC3)nnc1-c1ccc(OC)cc1. The van der Waals surface area contributed by atoms with E-state index in [4.69, 9.17) is 9.47 Å². The van der Waals surface area contributed by atoms with E-state index < -0.39 is 5.97 Å². The number of anilines is 1.